The summed E-state index contributed by atoms with van der Waals surface area (Å²) in [7, 11) is -2.01. The molecule has 0 atom stereocenters. The summed E-state index contributed by atoms with van der Waals surface area (Å²) in [5.74, 6) is 0.448. The van der Waals surface area contributed by atoms with Crippen molar-refractivity contribution in [1.29, 1.82) is 0 Å². The summed E-state index contributed by atoms with van der Waals surface area (Å²) >= 11 is 0. The molecule has 0 aromatic heterocycles. The smallest absolute Gasteiger partial charge is 0.251 e. The first kappa shape index (κ1) is 21.9. The Hall–Kier alpha value is -2.38. The molecule has 0 unspecified atom stereocenters. The van der Waals surface area contributed by atoms with E-state index in [0.29, 0.717) is 25.2 Å². The average molecular weight is 405 g/mol. The van der Waals surface area contributed by atoms with Gasteiger partial charge in [0, 0.05) is 25.2 Å². The van der Waals surface area contributed by atoms with Crippen LogP contribution in [0, 0.1) is 13.8 Å². The largest absolute Gasteiger partial charge is 0.496 e. The van der Waals surface area contributed by atoms with E-state index in [9.17, 15) is 13.2 Å². The van der Waals surface area contributed by atoms with E-state index in [1.54, 1.807) is 40.0 Å². The van der Waals surface area contributed by atoms with E-state index < -0.39 is 10.0 Å². The number of hydrogen-bond acceptors (Lipinski definition) is 4. The summed E-state index contributed by atoms with van der Waals surface area (Å²) in [5, 5.41) is 2.86. The second-order valence-corrected chi connectivity index (χ2v) is 8.49. The highest BCUT2D eigenvalue weighted by Gasteiger charge is 2.23. The van der Waals surface area contributed by atoms with Crippen LogP contribution in [0.3, 0.4) is 0 Å². The van der Waals surface area contributed by atoms with Crippen LogP contribution in [-0.4, -0.2) is 38.8 Å². The molecule has 0 spiro atoms. The fourth-order valence-electron chi connectivity index (χ4n) is 2.97. The number of carbonyl (C=O) groups is 1. The van der Waals surface area contributed by atoms with Crippen molar-refractivity contribution in [1.82, 2.24) is 9.62 Å². The van der Waals surface area contributed by atoms with Gasteiger partial charge in [-0.05, 0) is 48.7 Å². The minimum Gasteiger partial charge on any atom is -0.496 e. The van der Waals surface area contributed by atoms with Gasteiger partial charge in [0.25, 0.3) is 5.91 Å². The molecule has 0 saturated carbocycles. The third kappa shape index (κ3) is 4.72. The molecule has 28 heavy (non-hydrogen) atoms. The predicted octanol–water partition coefficient (Wildman–Crippen LogP) is 3.27. The van der Waals surface area contributed by atoms with Crippen molar-refractivity contribution in [2.75, 3.05) is 20.2 Å². The van der Waals surface area contributed by atoms with Gasteiger partial charge < -0.3 is 10.1 Å². The molecule has 2 rings (SSSR count). The number of sulfonamides is 1. The zero-order valence-corrected chi connectivity index (χ0v) is 17.9. The van der Waals surface area contributed by atoms with E-state index in [4.69, 9.17) is 4.74 Å². The lowest BCUT2D eigenvalue weighted by Crippen LogP contribution is -2.31. The average Bonchev–Trinajstić information content (AvgIpc) is 2.68. The van der Waals surface area contributed by atoms with Gasteiger partial charge in [0.15, 0.2) is 0 Å². The molecule has 6 nitrogen and oxygen atoms in total. The molecule has 2 aromatic rings. The number of hydrogen-bond donors (Lipinski definition) is 1. The van der Waals surface area contributed by atoms with Crippen LogP contribution in [0.5, 0.6) is 5.75 Å². The molecule has 1 N–H and O–H groups in total. The number of ether oxygens (including phenoxy) is 1. The van der Waals surface area contributed by atoms with Gasteiger partial charge in [-0.25, -0.2) is 8.42 Å². The summed E-state index contributed by atoms with van der Waals surface area (Å²) in [6, 6.07) is 10.4. The van der Waals surface area contributed by atoms with Crippen LogP contribution in [0.2, 0.25) is 0 Å². The molecular formula is C21H28N2O4S. The normalized spacial score (nSPS) is 11.5. The first-order valence-electron chi connectivity index (χ1n) is 9.27. The van der Waals surface area contributed by atoms with Crippen LogP contribution < -0.4 is 10.1 Å². The molecule has 7 heteroatoms. The Morgan fingerprint density at radius 2 is 1.68 bits per heavy atom. The van der Waals surface area contributed by atoms with Crippen molar-refractivity contribution in [3.05, 3.63) is 58.7 Å². The zero-order valence-electron chi connectivity index (χ0n) is 17.1. The van der Waals surface area contributed by atoms with E-state index in [2.05, 4.69) is 5.32 Å². The molecule has 0 heterocycles. The Labute approximate surface area is 167 Å². The molecule has 0 aliphatic rings. The van der Waals surface area contributed by atoms with E-state index in [0.717, 1.165) is 22.4 Å². The van der Waals surface area contributed by atoms with Gasteiger partial charge >= 0.3 is 0 Å². The van der Waals surface area contributed by atoms with E-state index in [-0.39, 0.29) is 10.8 Å². The highest BCUT2D eigenvalue weighted by atomic mass is 32.2. The van der Waals surface area contributed by atoms with Gasteiger partial charge in [-0.2, -0.15) is 4.31 Å². The van der Waals surface area contributed by atoms with Crippen molar-refractivity contribution in [2.24, 2.45) is 0 Å². The molecular weight excluding hydrogens is 376 g/mol. The third-order valence-electron chi connectivity index (χ3n) is 4.72. The van der Waals surface area contributed by atoms with Crippen molar-refractivity contribution < 1.29 is 17.9 Å². The Balaban J connectivity index is 2.24. The number of nitrogens with one attached hydrogen (secondary N) is 1. The van der Waals surface area contributed by atoms with Gasteiger partial charge in [0.2, 0.25) is 10.0 Å². The second-order valence-electron chi connectivity index (χ2n) is 6.55. The maximum atomic E-state index is 12.7. The quantitative estimate of drug-likeness (QED) is 0.733. The molecule has 0 saturated heterocycles. The van der Waals surface area contributed by atoms with Gasteiger partial charge in [-0.1, -0.05) is 32.0 Å². The number of amides is 1. The van der Waals surface area contributed by atoms with Crippen molar-refractivity contribution >= 4 is 15.9 Å². The van der Waals surface area contributed by atoms with Crippen LogP contribution in [0.1, 0.15) is 40.9 Å². The van der Waals surface area contributed by atoms with Crippen LogP contribution in [-0.2, 0) is 16.6 Å². The Kier molecular flexibility index (Phi) is 7.21. The standard InChI is InChI=1S/C21H28N2O4S/c1-6-23(7-2)28(25,26)18-11-9-15(3)19(13-18)21(24)22-14-17-10-8-16(4)20(12-17)27-5/h8-13H,6-7,14H2,1-5H3,(H,22,24). The molecule has 1 amide bonds. The molecule has 2 aromatic carbocycles. The van der Waals surface area contributed by atoms with Crippen molar-refractivity contribution in [3.8, 4) is 5.75 Å². The number of aryl methyl sites for hydroxylation is 2. The van der Waals surface area contributed by atoms with Gasteiger partial charge in [0.1, 0.15) is 5.75 Å². The molecule has 0 aliphatic carbocycles. The SMILES string of the molecule is CCN(CC)S(=O)(=O)c1ccc(C)c(C(=O)NCc2ccc(C)c(OC)c2)c1. The van der Waals surface area contributed by atoms with Gasteiger partial charge in [-0.15, -0.1) is 0 Å². The maximum absolute atomic E-state index is 12.7. The number of benzene rings is 2. The summed E-state index contributed by atoms with van der Waals surface area (Å²) < 4.78 is 32.2. The van der Waals surface area contributed by atoms with E-state index in [1.807, 2.05) is 25.1 Å². The number of nitrogens with zero attached hydrogens (tertiary/aromatic N) is 1. The van der Waals surface area contributed by atoms with E-state index in [1.165, 1.54) is 10.4 Å². The molecule has 0 aliphatic heterocycles. The maximum Gasteiger partial charge on any atom is 0.251 e. The molecule has 0 radical (unpaired) electrons. The first-order chi connectivity index (χ1) is 13.2. The summed E-state index contributed by atoms with van der Waals surface area (Å²) in [4.78, 5) is 12.8. The number of rotatable bonds is 8. The van der Waals surface area contributed by atoms with Crippen molar-refractivity contribution in [2.45, 2.75) is 39.1 Å². The molecule has 0 fully saturated rings. The van der Waals surface area contributed by atoms with Crippen molar-refractivity contribution in [3.63, 3.8) is 0 Å². The Bertz CT molecular complexity index is 951. The van der Waals surface area contributed by atoms with Gasteiger partial charge in [-0.3, -0.25) is 4.79 Å². The number of carbonyl (C=O) groups excluding carboxylic acids is 1. The number of methoxy groups -OCH3 is 1. The lowest BCUT2D eigenvalue weighted by atomic mass is 10.1. The lowest BCUT2D eigenvalue weighted by Gasteiger charge is -2.19. The zero-order chi connectivity index (χ0) is 20.9. The fraction of sp³-hybridized carbons (Fsp3) is 0.381. The van der Waals surface area contributed by atoms with E-state index >= 15 is 0 Å². The summed E-state index contributed by atoms with van der Waals surface area (Å²) in [6.07, 6.45) is 0. The highest BCUT2D eigenvalue weighted by molar-refractivity contribution is 7.89. The van der Waals surface area contributed by atoms with Crippen LogP contribution in [0.15, 0.2) is 41.3 Å². The predicted molar refractivity (Wildman–Crippen MR) is 110 cm³/mol. The van der Waals surface area contributed by atoms with Crippen LogP contribution in [0.25, 0.3) is 0 Å². The first-order valence-corrected chi connectivity index (χ1v) is 10.7. The van der Waals surface area contributed by atoms with Crippen LogP contribution in [0.4, 0.5) is 0 Å². The lowest BCUT2D eigenvalue weighted by molar-refractivity contribution is 0.0950. The molecule has 152 valence electrons. The third-order valence-corrected chi connectivity index (χ3v) is 6.77. The summed E-state index contributed by atoms with van der Waals surface area (Å²) in [5.41, 5.74) is 2.99. The minimum atomic E-state index is -3.62. The monoisotopic (exact) mass is 404 g/mol. The molecule has 0 bridgehead atoms. The Morgan fingerprint density at radius 3 is 2.29 bits per heavy atom. The topological polar surface area (TPSA) is 75.7 Å². The fourth-order valence-corrected chi connectivity index (χ4v) is 4.46. The minimum absolute atomic E-state index is 0.129. The Morgan fingerprint density at radius 1 is 1.04 bits per heavy atom. The highest BCUT2D eigenvalue weighted by Crippen LogP contribution is 2.21. The van der Waals surface area contributed by atoms with Gasteiger partial charge in [0.05, 0.1) is 12.0 Å². The summed E-state index contributed by atoms with van der Waals surface area (Å²) in [6.45, 7) is 8.40. The van der Waals surface area contributed by atoms with Crippen LogP contribution >= 0.6 is 0 Å². The second kappa shape index (κ2) is 9.21.